The number of ether oxygens (including phenoxy) is 1. The number of aromatic nitrogens is 2. The number of carbonyl (C=O) groups is 1. The Labute approximate surface area is 181 Å². The first kappa shape index (κ1) is 20.9. The molecular weight excluding hydrogens is 402 g/mol. The first-order chi connectivity index (χ1) is 14.6. The normalized spacial score (nSPS) is 20.5. The minimum Gasteiger partial charge on any atom is -0.464 e. The van der Waals surface area contributed by atoms with E-state index in [9.17, 15) is 9.59 Å². The van der Waals surface area contributed by atoms with Crippen molar-refractivity contribution >= 4 is 23.4 Å². The monoisotopic (exact) mass is 429 g/mol. The van der Waals surface area contributed by atoms with E-state index in [2.05, 4.69) is 22.4 Å². The standard InChI is InChI=1S/C23H28ClN3O3/c1-2-30-23(29)18-14-16(11-6-10-15-8-4-3-5-9-15)19-20(24)26-21(22(28)27(18)19)25-17-12-7-13-17/h3-5,8-9,16-18H,2,6-7,10-14H2,1H3,(H,25,26). The van der Waals surface area contributed by atoms with Crippen LogP contribution in [0.4, 0.5) is 5.82 Å². The van der Waals surface area contributed by atoms with Crippen molar-refractivity contribution in [1.82, 2.24) is 9.55 Å². The van der Waals surface area contributed by atoms with Gasteiger partial charge in [0.25, 0.3) is 5.56 Å². The summed E-state index contributed by atoms with van der Waals surface area (Å²) in [6, 6.07) is 9.92. The van der Waals surface area contributed by atoms with Crippen LogP contribution >= 0.6 is 11.6 Å². The molecule has 6 nitrogen and oxygen atoms in total. The van der Waals surface area contributed by atoms with E-state index >= 15 is 0 Å². The molecule has 1 aliphatic carbocycles. The summed E-state index contributed by atoms with van der Waals surface area (Å²) in [4.78, 5) is 30.3. The van der Waals surface area contributed by atoms with E-state index in [1.807, 2.05) is 18.2 Å². The molecule has 7 heteroatoms. The lowest BCUT2D eigenvalue weighted by molar-refractivity contribution is -0.147. The Kier molecular flexibility index (Phi) is 6.42. The average Bonchev–Trinajstić information content (AvgIpc) is 3.10. The maximum absolute atomic E-state index is 13.2. The molecule has 0 bridgehead atoms. The molecule has 0 saturated heterocycles. The van der Waals surface area contributed by atoms with Crippen molar-refractivity contribution < 1.29 is 9.53 Å². The Hall–Kier alpha value is -2.34. The summed E-state index contributed by atoms with van der Waals surface area (Å²) in [5.41, 5.74) is 1.68. The molecule has 1 aliphatic heterocycles. The van der Waals surface area contributed by atoms with E-state index in [1.165, 1.54) is 5.56 Å². The highest BCUT2D eigenvalue weighted by Gasteiger charge is 2.40. The molecule has 160 valence electrons. The van der Waals surface area contributed by atoms with Gasteiger partial charge in [0, 0.05) is 12.0 Å². The summed E-state index contributed by atoms with van der Waals surface area (Å²) < 4.78 is 6.81. The average molecular weight is 430 g/mol. The third-order valence-electron chi connectivity index (χ3n) is 6.17. The molecule has 1 saturated carbocycles. The Morgan fingerprint density at radius 1 is 1.30 bits per heavy atom. The number of carbonyl (C=O) groups excluding carboxylic acids is 1. The van der Waals surface area contributed by atoms with Crippen molar-refractivity contribution in [3.8, 4) is 0 Å². The summed E-state index contributed by atoms with van der Waals surface area (Å²) in [5.74, 6) is -0.121. The first-order valence-electron chi connectivity index (χ1n) is 10.9. The van der Waals surface area contributed by atoms with E-state index in [4.69, 9.17) is 16.3 Å². The Morgan fingerprint density at radius 2 is 2.07 bits per heavy atom. The van der Waals surface area contributed by atoms with Gasteiger partial charge < -0.3 is 10.1 Å². The molecule has 0 radical (unpaired) electrons. The first-order valence-corrected chi connectivity index (χ1v) is 11.2. The Morgan fingerprint density at radius 3 is 2.73 bits per heavy atom. The number of halogens is 1. The molecule has 1 aromatic heterocycles. The van der Waals surface area contributed by atoms with Crippen LogP contribution in [0.15, 0.2) is 35.1 Å². The smallest absolute Gasteiger partial charge is 0.329 e. The van der Waals surface area contributed by atoms with Crippen LogP contribution in [-0.2, 0) is 16.0 Å². The molecule has 0 amide bonds. The lowest BCUT2D eigenvalue weighted by atomic mass is 9.93. The molecule has 2 atom stereocenters. The van der Waals surface area contributed by atoms with Gasteiger partial charge in [-0.15, -0.1) is 0 Å². The molecule has 2 heterocycles. The largest absolute Gasteiger partial charge is 0.464 e. The molecule has 2 aromatic rings. The maximum atomic E-state index is 13.2. The fourth-order valence-corrected chi connectivity index (χ4v) is 4.75. The Bertz CT molecular complexity index is 956. The molecule has 4 rings (SSSR count). The third kappa shape index (κ3) is 4.24. The molecule has 1 aromatic carbocycles. The van der Waals surface area contributed by atoms with Gasteiger partial charge >= 0.3 is 5.97 Å². The summed E-state index contributed by atoms with van der Waals surface area (Å²) in [6.45, 7) is 2.06. The molecule has 30 heavy (non-hydrogen) atoms. The molecular formula is C23H28ClN3O3. The number of anilines is 1. The number of hydrogen-bond acceptors (Lipinski definition) is 5. The van der Waals surface area contributed by atoms with Crippen molar-refractivity contribution in [2.75, 3.05) is 11.9 Å². The van der Waals surface area contributed by atoms with Crippen LogP contribution in [0.25, 0.3) is 0 Å². The highest BCUT2D eigenvalue weighted by molar-refractivity contribution is 6.30. The van der Waals surface area contributed by atoms with Gasteiger partial charge in [-0.25, -0.2) is 9.78 Å². The van der Waals surface area contributed by atoms with Crippen molar-refractivity contribution in [2.45, 2.75) is 69.9 Å². The van der Waals surface area contributed by atoms with Gasteiger partial charge in [-0.2, -0.15) is 0 Å². The molecule has 2 aliphatic rings. The van der Waals surface area contributed by atoms with Gasteiger partial charge in [0.1, 0.15) is 6.04 Å². The van der Waals surface area contributed by atoms with E-state index in [0.717, 1.165) is 38.5 Å². The molecule has 1 fully saturated rings. The zero-order chi connectivity index (χ0) is 21.1. The van der Waals surface area contributed by atoms with Crippen LogP contribution in [0.2, 0.25) is 5.15 Å². The van der Waals surface area contributed by atoms with Crippen LogP contribution in [-0.4, -0.2) is 28.2 Å². The van der Waals surface area contributed by atoms with E-state index < -0.39 is 6.04 Å². The van der Waals surface area contributed by atoms with Gasteiger partial charge in [-0.1, -0.05) is 41.9 Å². The van der Waals surface area contributed by atoms with Crippen molar-refractivity contribution in [3.05, 3.63) is 57.1 Å². The highest BCUT2D eigenvalue weighted by Crippen LogP contribution is 2.42. The highest BCUT2D eigenvalue weighted by atomic mass is 35.5. The molecule has 1 N–H and O–H groups in total. The maximum Gasteiger partial charge on any atom is 0.329 e. The van der Waals surface area contributed by atoms with Gasteiger partial charge in [0.2, 0.25) is 0 Å². The quantitative estimate of drug-likeness (QED) is 0.626. The summed E-state index contributed by atoms with van der Waals surface area (Å²) in [7, 11) is 0. The zero-order valence-corrected chi connectivity index (χ0v) is 18.0. The minimum atomic E-state index is -0.642. The lowest BCUT2D eigenvalue weighted by Crippen LogP contribution is -2.35. The van der Waals surface area contributed by atoms with E-state index in [1.54, 1.807) is 11.5 Å². The Balaban J connectivity index is 1.59. The van der Waals surface area contributed by atoms with Crippen molar-refractivity contribution in [1.29, 1.82) is 0 Å². The van der Waals surface area contributed by atoms with Crippen molar-refractivity contribution in [3.63, 3.8) is 0 Å². The fourth-order valence-electron chi connectivity index (χ4n) is 4.42. The lowest BCUT2D eigenvalue weighted by Gasteiger charge is -2.27. The predicted octanol–water partition coefficient (Wildman–Crippen LogP) is 4.48. The van der Waals surface area contributed by atoms with Crippen molar-refractivity contribution in [2.24, 2.45) is 0 Å². The van der Waals surface area contributed by atoms with Gasteiger partial charge in [0.05, 0.1) is 12.3 Å². The van der Waals surface area contributed by atoms with E-state index in [-0.39, 0.29) is 35.9 Å². The van der Waals surface area contributed by atoms with Crippen LogP contribution in [0, 0.1) is 0 Å². The number of rotatable bonds is 8. The van der Waals surface area contributed by atoms with Crippen LogP contribution in [0.1, 0.15) is 68.7 Å². The number of nitrogens with one attached hydrogen (secondary N) is 1. The number of esters is 1. The van der Waals surface area contributed by atoms with Crippen LogP contribution in [0.3, 0.4) is 0 Å². The number of hydrogen-bond donors (Lipinski definition) is 1. The number of benzene rings is 1. The summed E-state index contributed by atoms with van der Waals surface area (Å²) >= 11 is 6.57. The van der Waals surface area contributed by atoms with Crippen LogP contribution < -0.4 is 10.9 Å². The topological polar surface area (TPSA) is 73.2 Å². The summed E-state index contributed by atoms with van der Waals surface area (Å²) in [6.07, 6.45) is 6.42. The predicted molar refractivity (Wildman–Crippen MR) is 117 cm³/mol. The molecule has 0 spiro atoms. The second kappa shape index (κ2) is 9.21. The van der Waals surface area contributed by atoms with E-state index in [0.29, 0.717) is 17.3 Å². The SMILES string of the molecule is CCOC(=O)C1CC(CCCc2ccccc2)c2c(Cl)nc(NC3CCC3)c(=O)n21. The minimum absolute atomic E-state index is 0.00794. The second-order valence-corrected chi connectivity index (χ2v) is 8.52. The van der Waals surface area contributed by atoms with Gasteiger partial charge in [-0.05, 0) is 57.4 Å². The number of aryl methyl sites for hydroxylation is 1. The van der Waals surface area contributed by atoms with Crippen LogP contribution in [0.5, 0.6) is 0 Å². The zero-order valence-electron chi connectivity index (χ0n) is 17.3. The van der Waals surface area contributed by atoms with Gasteiger partial charge in [0.15, 0.2) is 11.0 Å². The molecule has 2 unspecified atom stereocenters. The third-order valence-corrected chi connectivity index (χ3v) is 6.45. The number of nitrogens with zero attached hydrogens (tertiary/aromatic N) is 2. The fraction of sp³-hybridized carbons (Fsp3) is 0.522. The number of fused-ring (bicyclic) bond motifs is 1. The second-order valence-electron chi connectivity index (χ2n) is 8.16. The summed E-state index contributed by atoms with van der Waals surface area (Å²) in [5, 5.41) is 3.52. The van der Waals surface area contributed by atoms with Gasteiger partial charge in [-0.3, -0.25) is 9.36 Å².